The molecule has 0 unspecified atom stereocenters. The van der Waals surface area contributed by atoms with Gasteiger partial charge in [0.05, 0.1) is 6.42 Å². The molecule has 0 saturated carbocycles. The maximum atomic E-state index is 11.8. The first-order chi connectivity index (χ1) is 8.68. The maximum Gasteiger partial charge on any atom is 0.319 e. The Kier molecular flexibility index (Phi) is 4.94. The van der Waals surface area contributed by atoms with E-state index < -0.39 is 17.5 Å². The zero-order chi connectivity index (χ0) is 14.6. The highest BCUT2D eigenvalue weighted by molar-refractivity contribution is 9.10. The Hall–Kier alpha value is -1.56. The number of carbonyl (C=O) groups is 2. The molecule has 6 heteroatoms. The maximum absolute atomic E-state index is 11.8. The third-order valence-corrected chi connectivity index (χ3v) is 2.80. The second-order valence-corrected chi connectivity index (χ2v) is 5.97. The number of benzene rings is 1. The number of aryl methyl sites for hydroxylation is 1. The number of rotatable bonds is 4. The summed E-state index contributed by atoms with van der Waals surface area (Å²) in [5.41, 5.74) is 0.849. The molecule has 0 aromatic heterocycles. The Morgan fingerprint density at radius 1 is 1.32 bits per heavy atom. The van der Waals surface area contributed by atoms with Crippen molar-refractivity contribution in [2.24, 2.45) is 0 Å². The van der Waals surface area contributed by atoms with Crippen molar-refractivity contribution in [2.45, 2.75) is 32.7 Å². The number of amides is 2. The molecule has 1 rings (SSSR count). The standard InChI is InChI=1S/C13H17BrN2O3/c1-8-4-9(14)6-10(5-8)15-12(19)16-13(2,3)7-11(17)18/h4-6H,7H2,1-3H3,(H,17,18)(H2,15,16,19). The minimum absolute atomic E-state index is 0.141. The number of anilines is 1. The van der Waals surface area contributed by atoms with Crippen LogP contribution >= 0.6 is 15.9 Å². The zero-order valence-electron chi connectivity index (χ0n) is 11.1. The number of halogens is 1. The molecule has 0 fully saturated rings. The molecule has 3 N–H and O–H groups in total. The third kappa shape index (κ3) is 5.74. The van der Waals surface area contributed by atoms with E-state index in [1.165, 1.54) is 0 Å². The lowest BCUT2D eigenvalue weighted by atomic mass is 10.0. The zero-order valence-corrected chi connectivity index (χ0v) is 12.7. The second-order valence-electron chi connectivity index (χ2n) is 5.05. The van der Waals surface area contributed by atoms with Gasteiger partial charge in [-0.1, -0.05) is 15.9 Å². The van der Waals surface area contributed by atoms with Gasteiger partial charge < -0.3 is 15.7 Å². The summed E-state index contributed by atoms with van der Waals surface area (Å²) in [5, 5.41) is 14.1. The number of hydrogen-bond acceptors (Lipinski definition) is 2. The fourth-order valence-electron chi connectivity index (χ4n) is 1.70. The largest absolute Gasteiger partial charge is 0.481 e. The molecule has 0 aliphatic rings. The lowest BCUT2D eigenvalue weighted by Gasteiger charge is -2.24. The van der Waals surface area contributed by atoms with Gasteiger partial charge in [0.1, 0.15) is 0 Å². The van der Waals surface area contributed by atoms with E-state index in [2.05, 4.69) is 26.6 Å². The van der Waals surface area contributed by atoms with Crippen LogP contribution in [0.15, 0.2) is 22.7 Å². The SMILES string of the molecule is Cc1cc(Br)cc(NC(=O)NC(C)(C)CC(=O)O)c1. The molecule has 0 heterocycles. The quantitative estimate of drug-likeness (QED) is 0.794. The summed E-state index contributed by atoms with van der Waals surface area (Å²) in [6.07, 6.45) is -0.141. The van der Waals surface area contributed by atoms with Gasteiger partial charge in [-0.15, -0.1) is 0 Å². The van der Waals surface area contributed by atoms with E-state index in [9.17, 15) is 9.59 Å². The van der Waals surface area contributed by atoms with Crippen LogP contribution in [-0.2, 0) is 4.79 Å². The number of nitrogens with one attached hydrogen (secondary N) is 2. The summed E-state index contributed by atoms with van der Waals surface area (Å²) in [6.45, 7) is 5.24. The van der Waals surface area contributed by atoms with Crippen LogP contribution in [0.5, 0.6) is 0 Å². The van der Waals surface area contributed by atoms with Crippen LogP contribution in [0.2, 0.25) is 0 Å². The van der Waals surface area contributed by atoms with Crippen molar-refractivity contribution in [1.82, 2.24) is 5.32 Å². The fraction of sp³-hybridized carbons (Fsp3) is 0.385. The molecule has 0 radical (unpaired) electrons. The summed E-state index contributed by atoms with van der Waals surface area (Å²) in [7, 11) is 0. The minimum Gasteiger partial charge on any atom is -0.481 e. The lowest BCUT2D eigenvalue weighted by Crippen LogP contribution is -2.46. The predicted octanol–water partition coefficient (Wildman–Crippen LogP) is 3.13. The predicted molar refractivity (Wildman–Crippen MR) is 77.4 cm³/mol. The van der Waals surface area contributed by atoms with Crippen LogP contribution < -0.4 is 10.6 Å². The Labute approximate surface area is 120 Å². The number of urea groups is 1. The van der Waals surface area contributed by atoms with Crippen molar-refractivity contribution in [3.05, 3.63) is 28.2 Å². The van der Waals surface area contributed by atoms with E-state index in [1.54, 1.807) is 19.9 Å². The van der Waals surface area contributed by atoms with Crippen LogP contribution in [-0.4, -0.2) is 22.6 Å². The average Bonchev–Trinajstić information content (AvgIpc) is 2.10. The van der Waals surface area contributed by atoms with Gasteiger partial charge in [0, 0.05) is 15.7 Å². The first kappa shape index (κ1) is 15.5. The molecule has 0 atom stereocenters. The van der Waals surface area contributed by atoms with Crippen molar-refractivity contribution in [3.8, 4) is 0 Å². The van der Waals surface area contributed by atoms with Crippen LogP contribution in [0.25, 0.3) is 0 Å². The van der Waals surface area contributed by atoms with E-state index >= 15 is 0 Å². The van der Waals surface area contributed by atoms with Gasteiger partial charge in [0.15, 0.2) is 0 Å². The van der Waals surface area contributed by atoms with Crippen molar-refractivity contribution in [1.29, 1.82) is 0 Å². The van der Waals surface area contributed by atoms with E-state index in [0.29, 0.717) is 5.69 Å². The third-order valence-electron chi connectivity index (χ3n) is 2.35. The monoisotopic (exact) mass is 328 g/mol. The molecule has 0 bridgehead atoms. The summed E-state index contributed by atoms with van der Waals surface area (Å²) >= 11 is 3.35. The Morgan fingerprint density at radius 2 is 1.95 bits per heavy atom. The van der Waals surface area contributed by atoms with Crippen molar-refractivity contribution >= 4 is 33.6 Å². The average molecular weight is 329 g/mol. The first-order valence-electron chi connectivity index (χ1n) is 5.76. The normalized spacial score (nSPS) is 10.9. The highest BCUT2D eigenvalue weighted by Gasteiger charge is 2.23. The summed E-state index contributed by atoms with van der Waals surface area (Å²) < 4.78 is 0.868. The highest BCUT2D eigenvalue weighted by Crippen LogP contribution is 2.19. The van der Waals surface area contributed by atoms with Crippen molar-refractivity contribution in [3.63, 3.8) is 0 Å². The molecule has 0 spiro atoms. The molecule has 104 valence electrons. The van der Waals surface area contributed by atoms with Crippen LogP contribution in [0, 0.1) is 6.92 Å². The lowest BCUT2D eigenvalue weighted by molar-refractivity contribution is -0.138. The number of hydrogen-bond donors (Lipinski definition) is 3. The molecule has 0 aliphatic carbocycles. The fourth-order valence-corrected chi connectivity index (χ4v) is 2.31. The Morgan fingerprint density at radius 3 is 2.47 bits per heavy atom. The van der Waals surface area contributed by atoms with Crippen LogP contribution in [0.1, 0.15) is 25.8 Å². The molecule has 19 heavy (non-hydrogen) atoms. The Bertz CT molecular complexity index is 480. The molecular weight excluding hydrogens is 312 g/mol. The van der Waals surface area contributed by atoms with Gasteiger partial charge in [0.2, 0.25) is 0 Å². The second kappa shape index (κ2) is 6.06. The van der Waals surface area contributed by atoms with Gasteiger partial charge in [-0.2, -0.15) is 0 Å². The molecule has 2 amide bonds. The van der Waals surface area contributed by atoms with Crippen molar-refractivity contribution in [2.75, 3.05) is 5.32 Å². The van der Waals surface area contributed by atoms with E-state index in [-0.39, 0.29) is 6.42 Å². The van der Waals surface area contributed by atoms with E-state index in [1.807, 2.05) is 19.1 Å². The van der Waals surface area contributed by atoms with Gasteiger partial charge in [-0.3, -0.25) is 4.79 Å². The molecule has 0 aliphatic heterocycles. The molecule has 0 saturated heterocycles. The molecule has 5 nitrogen and oxygen atoms in total. The first-order valence-corrected chi connectivity index (χ1v) is 6.55. The molecule has 1 aromatic rings. The van der Waals surface area contributed by atoms with Gasteiger partial charge >= 0.3 is 12.0 Å². The van der Waals surface area contributed by atoms with Gasteiger partial charge in [0.25, 0.3) is 0 Å². The summed E-state index contributed by atoms with van der Waals surface area (Å²) in [5.74, 6) is -0.955. The Balaban J connectivity index is 2.67. The summed E-state index contributed by atoms with van der Waals surface area (Å²) in [6, 6.07) is 5.10. The topological polar surface area (TPSA) is 78.4 Å². The number of aliphatic carboxylic acids is 1. The van der Waals surface area contributed by atoms with Gasteiger partial charge in [-0.25, -0.2) is 4.79 Å². The highest BCUT2D eigenvalue weighted by atomic mass is 79.9. The van der Waals surface area contributed by atoms with Crippen molar-refractivity contribution < 1.29 is 14.7 Å². The summed E-state index contributed by atoms with van der Waals surface area (Å²) in [4.78, 5) is 22.5. The van der Waals surface area contributed by atoms with Gasteiger partial charge in [-0.05, 0) is 44.5 Å². The van der Waals surface area contributed by atoms with Crippen LogP contribution in [0.4, 0.5) is 10.5 Å². The molecule has 1 aromatic carbocycles. The van der Waals surface area contributed by atoms with Crippen LogP contribution in [0.3, 0.4) is 0 Å². The number of carboxylic acid groups (broad SMARTS) is 1. The minimum atomic E-state index is -0.955. The smallest absolute Gasteiger partial charge is 0.319 e. The van der Waals surface area contributed by atoms with E-state index in [0.717, 1.165) is 10.0 Å². The molecular formula is C13H17BrN2O3. The number of carbonyl (C=O) groups excluding carboxylic acids is 1. The number of carboxylic acids is 1. The van der Waals surface area contributed by atoms with E-state index in [4.69, 9.17) is 5.11 Å².